The number of phenolic OH excluding ortho intramolecular Hbond substituents is 1. The Labute approximate surface area is 175 Å². The molecule has 3 fully saturated rings. The van der Waals surface area contributed by atoms with Crippen molar-refractivity contribution >= 4 is 6.29 Å². The lowest BCUT2D eigenvalue weighted by molar-refractivity contribution is -0.207. The van der Waals surface area contributed by atoms with Crippen LogP contribution >= 0.6 is 0 Å². The van der Waals surface area contributed by atoms with Crippen molar-refractivity contribution in [2.75, 3.05) is 0 Å². The Morgan fingerprint density at radius 1 is 0.966 bits per heavy atom. The molecule has 3 saturated carbocycles. The average molecular weight is 397 g/mol. The van der Waals surface area contributed by atoms with Gasteiger partial charge in [-0.3, -0.25) is 0 Å². The molecule has 7 atom stereocenters. The lowest BCUT2D eigenvalue weighted by Gasteiger charge is -2.68. The summed E-state index contributed by atoms with van der Waals surface area (Å²) in [7, 11) is 0. The summed E-state index contributed by atoms with van der Waals surface area (Å²) in [6.45, 7) is 9.57. The topological polar surface area (TPSA) is 46.5 Å². The van der Waals surface area contributed by atoms with Crippen LogP contribution in [-0.2, 0) is 11.2 Å². The first-order valence-electron chi connectivity index (χ1n) is 11.6. The molecule has 1 aliphatic heterocycles. The van der Waals surface area contributed by atoms with Crippen molar-refractivity contribution in [2.45, 2.75) is 84.7 Å². The number of ether oxygens (including phenoxy) is 1. The molecule has 0 unspecified atom stereocenters. The molecule has 158 valence electrons. The second kappa shape index (κ2) is 6.02. The fourth-order valence-corrected chi connectivity index (χ4v) is 8.80. The minimum Gasteiger partial charge on any atom is -0.508 e. The van der Waals surface area contributed by atoms with Gasteiger partial charge in [0.2, 0.25) is 0 Å². The van der Waals surface area contributed by atoms with E-state index < -0.39 is 0 Å². The van der Waals surface area contributed by atoms with Crippen LogP contribution in [0.1, 0.15) is 78.2 Å². The number of fused-ring (bicyclic) bond motifs is 6. The number of aromatic hydroxyl groups is 1. The lowest BCUT2D eigenvalue weighted by Crippen LogP contribution is -2.65. The zero-order valence-electron chi connectivity index (χ0n) is 18.5. The maximum absolute atomic E-state index is 12.1. The summed E-state index contributed by atoms with van der Waals surface area (Å²) in [6.07, 6.45) is 10.4. The van der Waals surface area contributed by atoms with E-state index in [0.717, 1.165) is 37.0 Å². The zero-order valence-corrected chi connectivity index (χ0v) is 18.5. The molecule has 5 rings (SSSR count). The van der Waals surface area contributed by atoms with E-state index in [1.165, 1.54) is 32.0 Å². The van der Waals surface area contributed by atoms with Crippen molar-refractivity contribution < 1.29 is 14.6 Å². The van der Waals surface area contributed by atoms with Crippen molar-refractivity contribution in [1.82, 2.24) is 0 Å². The molecule has 3 nitrogen and oxygen atoms in total. The Balaban J connectivity index is 1.56. The van der Waals surface area contributed by atoms with E-state index in [4.69, 9.17) is 4.74 Å². The van der Waals surface area contributed by atoms with Crippen LogP contribution in [-0.4, -0.2) is 17.0 Å². The first kappa shape index (κ1) is 19.5. The largest absolute Gasteiger partial charge is 0.508 e. The summed E-state index contributed by atoms with van der Waals surface area (Å²) < 4.78 is 6.66. The number of hydrogen-bond acceptors (Lipinski definition) is 3. The predicted molar refractivity (Wildman–Crippen MR) is 114 cm³/mol. The molecule has 1 aromatic carbocycles. The van der Waals surface area contributed by atoms with Crippen molar-refractivity contribution in [1.29, 1.82) is 0 Å². The molecule has 3 aliphatic carbocycles. The van der Waals surface area contributed by atoms with Crippen molar-refractivity contribution in [3.63, 3.8) is 0 Å². The number of carbonyl (C=O) groups excluding carboxylic acids is 1. The fraction of sp³-hybridized carbons (Fsp3) is 0.731. The van der Waals surface area contributed by atoms with Gasteiger partial charge in [0.15, 0.2) is 0 Å². The second-order valence-corrected chi connectivity index (χ2v) is 11.6. The minimum atomic E-state index is -0.156. The quantitative estimate of drug-likeness (QED) is 0.599. The van der Waals surface area contributed by atoms with Gasteiger partial charge < -0.3 is 14.6 Å². The van der Waals surface area contributed by atoms with Gasteiger partial charge in [-0.25, -0.2) is 0 Å². The molecular formula is C26H36O3. The standard InChI is InChI=1S/C26H36O3/c1-23(16-27)10-5-11-24(2)20(23)8-12-25(3)21(24)9-13-26(4)22(25)15-17-14-18(28)6-7-19(17)29-26/h6-7,14,16,20-22,28H,5,8-13,15H2,1-4H3/t20-,21+,22-,23+,24-,25+,26-/m0/s1. The normalized spacial score (nSPS) is 48.3. The van der Waals surface area contributed by atoms with Crippen LogP contribution in [0, 0.1) is 34.0 Å². The van der Waals surface area contributed by atoms with Crippen LogP contribution < -0.4 is 4.74 Å². The third-order valence-corrected chi connectivity index (χ3v) is 10.1. The highest BCUT2D eigenvalue weighted by Crippen LogP contribution is 2.70. The molecular weight excluding hydrogens is 360 g/mol. The van der Waals surface area contributed by atoms with Gasteiger partial charge in [0.25, 0.3) is 0 Å². The van der Waals surface area contributed by atoms with Gasteiger partial charge in [-0.05, 0) is 98.3 Å². The van der Waals surface area contributed by atoms with Crippen LogP contribution in [0.3, 0.4) is 0 Å². The second-order valence-electron chi connectivity index (χ2n) is 11.6. The van der Waals surface area contributed by atoms with E-state index in [2.05, 4.69) is 27.7 Å². The SMILES string of the molecule is C[C@]12CCC[C@](C)(C=O)[C@@H]1CC[C@]1(C)[C@@H]2CC[C@]2(C)Oc3ccc(O)cc3C[C@@H]12. The molecule has 0 spiro atoms. The first-order valence-corrected chi connectivity index (χ1v) is 11.6. The van der Waals surface area contributed by atoms with Crippen molar-refractivity contribution in [3.05, 3.63) is 23.8 Å². The van der Waals surface area contributed by atoms with Crippen LogP contribution in [0.25, 0.3) is 0 Å². The molecule has 1 heterocycles. The number of carbonyl (C=O) groups is 1. The highest BCUT2D eigenvalue weighted by Gasteiger charge is 2.66. The van der Waals surface area contributed by atoms with E-state index in [-0.39, 0.29) is 21.8 Å². The average Bonchev–Trinajstić information content (AvgIpc) is 2.66. The monoisotopic (exact) mass is 396 g/mol. The summed E-state index contributed by atoms with van der Waals surface area (Å²) in [6, 6.07) is 5.58. The Bertz CT molecular complexity index is 848. The van der Waals surface area contributed by atoms with E-state index >= 15 is 0 Å². The molecule has 0 saturated heterocycles. The molecule has 1 aromatic rings. The first-order chi connectivity index (χ1) is 13.6. The van der Waals surface area contributed by atoms with E-state index in [0.29, 0.717) is 23.5 Å². The van der Waals surface area contributed by atoms with Crippen molar-refractivity contribution in [3.8, 4) is 11.5 Å². The lowest BCUT2D eigenvalue weighted by atomic mass is 9.37. The van der Waals surface area contributed by atoms with Crippen LogP contribution in [0.2, 0.25) is 0 Å². The van der Waals surface area contributed by atoms with Gasteiger partial charge in [-0.1, -0.05) is 27.2 Å². The Morgan fingerprint density at radius 3 is 2.45 bits per heavy atom. The highest BCUT2D eigenvalue weighted by atomic mass is 16.5. The zero-order chi connectivity index (χ0) is 20.7. The molecule has 0 amide bonds. The summed E-state index contributed by atoms with van der Waals surface area (Å²) in [4.78, 5) is 12.1. The van der Waals surface area contributed by atoms with E-state index in [9.17, 15) is 9.90 Å². The van der Waals surface area contributed by atoms with Crippen molar-refractivity contribution in [2.24, 2.45) is 34.0 Å². The third kappa shape index (κ3) is 2.51. The molecule has 4 aliphatic rings. The Morgan fingerprint density at radius 2 is 1.69 bits per heavy atom. The maximum atomic E-state index is 12.1. The van der Waals surface area contributed by atoms with E-state index in [1.54, 1.807) is 6.07 Å². The summed E-state index contributed by atoms with van der Waals surface area (Å²) in [5.41, 5.74) is 1.31. The van der Waals surface area contributed by atoms with E-state index in [1.807, 2.05) is 12.1 Å². The Hall–Kier alpha value is -1.51. The van der Waals surface area contributed by atoms with Gasteiger partial charge in [0.05, 0.1) is 0 Å². The van der Waals surface area contributed by atoms with Gasteiger partial charge in [0, 0.05) is 11.3 Å². The van der Waals surface area contributed by atoms with Gasteiger partial charge >= 0.3 is 0 Å². The molecule has 3 heteroatoms. The highest BCUT2D eigenvalue weighted by molar-refractivity contribution is 5.60. The minimum absolute atomic E-state index is 0.138. The molecule has 0 bridgehead atoms. The number of benzene rings is 1. The van der Waals surface area contributed by atoms with Gasteiger partial charge in [-0.15, -0.1) is 0 Å². The molecule has 1 N–H and O–H groups in total. The van der Waals surface area contributed by atoms with Gasteiger partial charge in [0.1, 0.15) is 23.4 Å². The third-order valence-electron chi connectivity index (χ3n) is 10.1. The van der Waals surface area contributed by atoms with Crippen LogP contribution in [0.4, 0.5) is 0 Å². The number of hydrogen-bond donors (Lipinski definition) is 1. The summed E-state index contributed by atoms with van der Waals surface area (Å²) in [5, 5.41) is 10.0. The summed E-state index contributed by atoms with van der Waals surface area (Å²) >= 11 is 0. The Kier molecular flexibility index (Phi) is 4.04. The molecule has 0 aromatic heterocycles. The van der Waals surface area contributed by atoms with Crippen LogP contribution in [0.15, 0.2) is 18.2 Å². The number of aldehydes is 1. The molecule has 29 heavy (non-hydrogen) atoms. The number of phenols is 1. The number of rotatable bonds is 1. The molecule has 0 radical (unpaired) electrons. The smallest absolute Gasteiger partial charge is 0.126 e. The predicted octanol–water partition coefficient (Wildman–Crippen LogP) is 5.92. The maximum Gasteiger partial charge on any atom is 0.126 e. The summed E-state index contributed by atoms with van der Waals surface area (Å²) in [5.74, 6) is 2.87. The van der Waals surface area contributed by atoms with Crippen LogP contribution in [0.5, 0.6) is 11.5 Å². The van der Waals surface area contributed by atoms with Gasteiger partial charge in [-0.2, -0.15) is 0 Å². The fourth-order valence-electron chi connectivity index (χ4n) is 8.80.